The minimum atomic E-state index is 1.26. The van der Waals surface area contributed by atoms with Crippen molar-refractivity contribution < 1.29 is 0 Å². The van der Waals surface area contributed by atoms with Crippen molar-refractivity contribution in [1.29, 1.82) is 0 Å². The van der Waals surface area contributed by atoms with Gasteiger partial charge < -0.3 is 4.90 Å². The van der Waals surface area contributed by atoms with Crippen molar-refractivity contribution >= 4 is 0 Å². The van der Waals surface area contributed by atoms with Crippen molar-refractivity contribution in [3.63, 3.8) is 0 Å². The second-order valence-electron chi connectivity index (χ2n) is 9.02. The third-order valence-electron chi connectivity index (χ3n) is 6.00. The molecular weight excluding hydrogens is 326 g/mol. The minimum absolute atomic E-state index is 1.26. The van der Waals surface area contributed by atoms with Crippen molar-refractivity contribution in [1.82, 2.24) is 4.90 Å². The quantitative estimate of drug-likeness (QED) is 0.159. The monoisotopic (exact) mass is 381 g/mol. The Morgan fingerprint density at radius 2 is 0.630 bits per heavy atom. The molecule has 0 fully saturated rings. The molecule has 1 heteroatoms. The highest BCUT2D eigenvalue weighted by atomic mass is 15.1. The van der Waals surface area contributed by atoms with Crippen LogP contribution in [0.3, 0.4) is 0 Å². The number of unbranched alkanes of at least 4 members (excludes halogenated alkanes) is 19. The first-order valence-corrected chi connectivity index (χ1v) is 13.0. The van der Waals surface area contributed by atoms with Gasteiger partial charge in [0.25, 0.3) is 0 Å². The second-order valence-corrected chi connectivity index (χ2v) is 9.02. The molecule has 0 spiro atoms. The molecule has 0 rings (SSSR count). The molecule has 0 bridgehead atoms. The highest BCUT2D eigenvalue weighted by Gasteiger charge is 1.97. The van der Waals surface area contributed by atoms with Crippen molar-refractivity contribution in [2.75, 3.05) is 20.1 Å². The molecule has 0 N–H and O–H groups in total. The van der Waals surface area contributed by atoms with E-state index in [0.29, 0.717) is 0 Å². The lowest BCUT2D eigenvalue weighted by Gasteiger charge is -2.14. The van der Waals surface area contributed by atoms with E-state index in [9.17, 15) is 0 Å². The molecule has 0 aromatic heterocycles. The first kappa shape index (κ1) is 27.0. The Bertz CT molecular complexity index is 251. The standard InChI is InChI=1S/C26H55N/c1-4-6-7-8-9-10-11-12-13-14-15-16-17-18-19-20-21-22-23-24-26-27(3)25-5-2/h4-26H2,1-3H3. The lowest BCUT2D eigenvalue weighted by Crippen LogP contribution is -2.20. The van der Waals surface area contributed by atoms with Gasteiger partial charge >= 0.3 is 0 Å². The Morgan fingerprint density at radius 1 is 0.333 bits per heavy atom. The van der Waals surface area contributed by atoms with Crippen LogP contribution in [-0.2, 0) is 0 Å². The predicted molar refractivity (Wildman–Crippen MR) is 126 cm³/mol. The van der Waals surface area contributed by atoms with Crippen LogP contribution in [0, 0.1) is 0 Å². The molecule has 0 saturated carbocycles. The van der Waals surface area contributed by atoms with E-state index in [0.717, 1.165) is 0 Å². The Morgan fingerprint density at radius 3 is 0.926 bits per heavy atom. The Kier molecular flexibility index (Phi) is 24.0. The lowest BCUT2D eigenvalue weighted by atomic mass is 10.0. The summed E-state index contributed by atoms with van der Waals surface area (Å²) in [5.41, 5.74) is 0. The molecule has 0 saturated heterocycles. The molecule has 0 aliphatic heterocycles. The van der Waals surface area contributed by atoms with Crippen LogP contribution in [0.2, 0.25) is 0 Å². The van der Waals surface area contributed by atoms with E-state index in [4.69, 9.17) is 0 Å². The maximum absolute atomic E-state index is 2.48. The Hall–Kier alpha value is -0.0400. The normalized spacial score (nSPS) is 11.6. The van der Waals surface area contributed by atoms with Gasteiger partial charge in [0.1, 0.15) is 0 Å². The Balaban J connectivity index is 3.01. The van der Waals surface area contributed by atoms with Crippen molar-refractivity contribution in [2.24, 2.45) is 0 Å². The number of rotatable bonds is 23. The zero-order valence-corrected chi connectivity index (χ0v) is 19.7. The van der Waals surface area contributed by atoms with Crippen LogP contribution < -0.4 is 0 Å². The van der Waals surface area contributed by atoms with Crippen LogP contribution in [0.4, 0.5) is 0 Å². The van der Waals surface area contributed by atoms with Gasteiger partial charge in [-0.1, -0.05) is 136 Å². The smallest absolute Gasteiger partial charge is 0.00218 e. The Labute approximate surface area is 174 Å². The van der Waals surface area contributed by atoms with E-state index in [1.165, 1.54) is 148 Å². The SMILES string of the molecule is CCCCCCCCCCCCCCCCCCCCCCN(C)CCC. The van der Waals surface area contributed by atoms with Gasteiger partial charge in [-0.25, -0.2) is 0 Å². The van der Waals surface area contributed by atoms with Crippen molar-refractivity contribution in [3.8, 4) is 0 Å². The van der Waals surface area contributed by atoms with Crippen LogP contribution in [0.5, 0.6) is 0 Å². The number of hydrogen-bond acceptors (Lipinski definition) is 1. The fourth-order valence-electron chi connectivity index (χ4n) is 4.13. The largest absolute Gasteiger partial charge is 0.306 e. The highest BCUT2D eigenvalue weighted by Crippen LogP contribution is 2.14. The molecule has 0 unspecified atom stereocenters. The molecule has 0 heterocycles. The van der Waals surface area contributed by atoms with Gasteiger partial charge in [-0.15, -0.1) is 0 Å². The van der Waals surface area contributed by atoms with Gasteiger partial charge in [-0.05, 0) is 33.0 Å². The fourth-order valence-corrected chi connectivity index (χ4v) is 4.13. The van der Waals surface area contributed by atoms with E-state index in [1.807, 2.05) is 0 Å². The minimum Gasteiger partial charge on any atom is -0.306 e. The van der Waals surface area contributed by atoms with Crippen molar-refractivity contribution in [2.45, 2.75) is 149 Å². The van der Waals surface area contributed by atoms with Crippen LogP contribution in [0.25, 0.3) is 0 Å². The second kappa shape index (κ2) is 24.0. The van der Waals surface area contributed by atoms with Gasteiger partial charge in [-0.3, -0.25) is 0 Å². The summed E-state index contributed by atoms with van der Waals surface area (Å²) in [6.45, 7) is 7.13. The first-order chi connectivity index (χ1) is 13.3. The molecule has 0 amide bonds. The molecular formula is C26H55N. The summed E-state index contributed by atoms with van der Waals surface area (Å²) in [5.74, 6) is 0. The number of nitrogens with zero attached hydrogens (tertiary/aromatic N) is 1. The summed E-state index contributed by atoms with van der Waals surface area (Å²) in [6, 6.07) is 0. The van der Waals surface area contributed by atoms with Crippen molar-refractivity contribution in [3.05, 3.63) is 0 Å². The molecule has 27 heavy (non-hydrogen) atoms. The van der Waals surface area contributed by atoms with E-state index in [2.05, 4.69) is 25.8 Å². The van der Waals surface area contributed by atoms with Crippen LogP contribution in [-0.4, -0.2) is 25.0 Å². The van der Waals surface area contributed by atoms with Gasteiger partial charge in [0.05, 0.1) is 0 Å². The van der Waals surface area contributed by atoms with E-state index in [1.54, 1.807) is 0 Å². The molecule has 0 aliphatic carbocycles. The average molecular weight is 382 g/mol. The molecule has 1 nitrogen and oxygen atoms in total. The summed E-state index contributed by atoms with van der Waals surface area (Å²) < 4.78 is 0. The van der Waals surface area contributed by atoms with Crippen LogP contribution >= 0.6 is 0 Å². The topological polar surface area (TPSA) is 3.24 Å². The molecule has 0 aromatic carbocycles. The van der Waals surface area contributed by atoms with E-state index in [-0.39, 0.29) is 0 Å². The predicted octanol–water partition coefficient (Wildman–Crippen LogP) is 9.15. The highest BCUT2D eigenvalue weighted by molar-refractivity contribution is 4.53. The zero-order valence-electron chi connectivity index (χ0n) is 19.7. The molecule has 0 aromatic rings. The molecule has 0 atom stereocenters. The lowest BCUT2D eigenvalue weighted by molar-refractivity contribution is 0.324. The van der Waals surface area contributed by atoms with E-state index < -0.39 is 0 Å². The average Bonchev–Trinajstić information content (AvgIpc) is 2.66. The molecule has 0 radical (unpaired) electrons. The summed E-state index contributed by atoms with van der Waals surface area (Å²) in [5, 5.41) is 0. The van der Waals surface area contributed by atoms with Gasteiger partial charge in [0.2, 0.25) is 0 Å². The summed E-state index contributed by atoms with van der Waals surface area (Å²) >= 11 is 0. The third kappa shape index (κ3) is 23.9. The summed E-state index contributed by atoms with van der Waals surface area (Å²) in [6.07, 6.45) is 30.6. The summed E-state index contributed by atoms with van der Waals surface area (Å²) in [7, 11) is 2.26. The maximum Gasteiger partial charge on any atom is -0.00218 e. The van der Waals surface area contributed by atoms with Gasteiger partial charge in [0, 0.05) is 0 Å². The number of hydrogen-bond donors (Lipinski definition) is 0. The first-order valence-electron chi connectivity index (χ1n) is 13.0. The third-order valence-corrected chi connectivity index (χ3v) is 6.00. The summed E-state index contributed by atoms with van der Waals surface area (Å²) in [4.78, 5) is 2.48. The maximum atomic E-state index is 2.48. The van der Waals surface area contributed by atoms with Gasteiger partial charge in [0.15, 0.2) is 0 Å². The van der Waals surface area contributed by atoms with Gasteiger partial charge in [-0.2, -0.15) is 0 Å². The molecule has 164 valence electrons. The zero-order chi connectivity index (χ0) is 19.8. The van der Waals surface area contributed by atoms with E-state index >= 15 is 0 Å². The fraction of sp³-hybridized carbons (Fsp3) is 1.00. The van der Waals surface area contributed by atoms with Crippen LogP contribution in [0.15, 0.2) is 0 Å². The van der Waals surface area contributed by atoms with Crippen LogP contribution in [0.1, 0.15) is 149 Å². The molecule has 0 aliphatic rings.